The molecule has 2 amide bonds. The molecule has 2 aromatic rings. The highest BCUT2D eigenvalue weighted by Crippen LogP contribution is 2.46. The van der Waals surface area contributed by atoms with Gasteiger partial charge in [0.25, 0.3) is 0 Å². The molecule has 6 nitrogen and oxygen atoms in total. The summed E-state index contributed by atoms with van der Waals surface area (Å²) in [6.07, 6.45) is 0.350. The topological polar surface area (TPSA) is 90.7 Å². The molecule has 0 aromatic heterocycles. The number of carbonyl (C=O) groups is 2. The number of benzene rings is 2. The fourth-order valence-electron chi connectivity index (χ4n) is 3.71. The normalized spacial score (nSPS) is 16.6. The van der Waals surface area contributed by atoms with Gasteiger partial charge >= 0.3 is 6.09 Å². The van der Waals surface area contributed by atoms with Gasteiger partial charge in [-0.3, -0.25) is 10.1 Å². The summed E-state index contributed by atoms with van der Waals surface area (Å²) in [7, 11) is 0. The van der Waals surface area contributed by atoms with E-state index in [2.05, 4.69) is 5.32 Å². The van der Waals surface area contributed by atoms with Crippen molar-refractivity contribution in [2.24, 2.45) is 11.1 Å². The fourth-order valence-corrected chi connectivity index (χ4v) is 4.13. The van der Waals surface area contributed by atoms with E-state index in [9.17, 15) is 9.59 Å². The lowest BCUT2D eigenvalue weighted by Gasteiger charge is -2.41. The van der Waals surface area contributed by atoms with Gasteiger partial charge in [0.15, 0.2) is 0 Å². The van der Waals surface area contributed by atoms with E-state index in [-0.39, 0.29) is 6.61 Å². The van der Waals surface area contributed by atoms with Crippen molar-refractivity contribution in [3.05, 3.63) is 64.1 Å². The standard InChI is InChI=1S/C21H22Cl2N2O4/c22-15-6-2-1-5-14(15)18(19(24)26)21(9-11-28-12-10-21)13-29-20(27)25-17-8-4-3-7-16(17)23/h1-8,18H,9-13H2,(H2,24,26)(H,25,27). The number of primary amides is 1. The average molecular weight is 437 g/mol. The third-order valence-corrected chi connectivity index (χ3v) is 5.88. The van der Waals surface area contributed by atoms with E-state index in [0.717, 1.165) is 0 Å². The third-order valence-electron chi connectivity index (χ3n) is 5.20. The van der Waals surface area contributed by atoms with Gasteiger partial charge in [-0.15, -0.1) is 0 Å². The molecule has 29 heavy (non-hydrogen) atoms. The predicted molar refractivity (Wildman–Crippen MR) is 112 cm³/mol. The van der Waals surface area contributed by atoms with Crippen LogP contribution < -0.4 is 11.1 Å². The molecule has 154 valence electrons. The molecule has 1 heterocycles. The largest absolute Gasteiger partial charge is 0.449 e. The lowest BCUT2D eigenvalue weighted by molar-refractivity contribution is -0.126. The van der Waals surface area contributed by atoms with Gasteiger partial charge in [0, 0.05) is 23.7 Å². The minimum Gasteiger partial charge on any atom is -0.449 e. The van der Waals surface area contributed by atoms with Crippen molar-refractivity contribution in [3.63, 3.8) is 0 Å². The third kappa shape index (κ3) is 5.01. The molecular weight excluding hydrogens is 415 g/mol. The quantitative estimate of drug-likeness (QED) is 0.691. The van der Waals surface area contributed by atoms with E-state index < -0.39 is 23.3 Å². The number of nitrogens with one attached hydrogen (secondary N) is 1. The molecule has 1 fully saturated rings. The number of halogens is 2. The van der Waals surface area contributed by atoms with Crippen LogP contribution in [0, 0.1) is 5.41 Å². The van der Waals surface area contributed by atoms with Crippen molar-refractivity contribution >= 4 is 40.9 Å². The molecule has 1 atom stereocenters. The average Bonchev–Trinajstić information content (AvgIpc) is 2.70. The van der Waals surface area contributed by atoms with Crippen LogP contribution in [-0.2, 0) is 14.3 Å². The molecule has 3 N–H and O–H groups in total. The van der Waals surface area contributed by atoms with Crippen molar-refractivity contribution in [1.29, 1.82) is 0 Å². The molecule has 0 spiro atoms. The summed E-state index contributed by atoms with van der Waals surface area (Å²) in [5.74, 6) is -1.23. The van der Waals surface area contributed by atoms with Crippen LogP contribution in [0.4, 0.5) is 10.5 Å². The van der Waals surface area contributed by atoms with Gasteiger partial charge < -0.3 is 15.2 Å². The van der Waals surface area contributed by atoms with E-state index in [4.69, 9.17) is 38.4 Å². The van der Waals surface area contributed by atoms with Crippen LogP contribution in [-0.4, -0.2) is 31.8 Å². The van der Waals surface area contributed by atoms with E-state index >= 15 is 0 Å². The summed E-state index contributed by atoms with van der Waals surface area (Å²) in [5.41, 5.74) is 6.14. The number of nitrogens with two attached hydrogens (primary N) is 1. The van der Waals surface area contributed by atoms with Crippen LogP contribution in [0.1, 0.15) is 24.3 Å². The van der Waals surface area contributed by atoms with Crippen LogP contribution in [0.15, 0.2) is 48.5 Å². The van der Waals surface area contributed by atoms with Crippen LogP contribution in [0.2, 0.25) is 10.0 Å². The van der Waals surface area contributed by atoms with Crippen LogP contribution in [0.25, 0.3) is 0 Å². The Bertz CT molecular complexity index is 884. The summed E-state index contributed by atoms with van der Waals surface area (Å²) in [6, 6.07) is 13.9. The van der Waals surface area contributed by atoms with Crippen molar-refractivity contribution in [2.75, 3.05) is 25.1 Å². The maximum absolute atomic E-state index is 12.5. The Morgan fingerprint density at radius 3 is 2.31 bits per heavy atom. The molecule has 0 radical (unpaired) electrons. The van der Waals surface area contributed by atoms with Crippen molar-refractivity contribution in [1.82, 2.24) is 0 Å². The lowest BCUT2D eigenvalue weighted by Crippen LogP contribution is -2.45. The first-order valence-corrected chi connectivity index (χ1v) is 9.98. The maximum Gasteiger partial charge on any atom is 0.411 e. The van der Waals surface area contributed by atoms with E-state index in [1.54, 1.807) is 48.5 Å². The second-order valence-electron chi connectivity index (χ2n) is 7.01. The number of hydrogen-bond donors (Lipinski definition) is 2. The maximum atomic E-state index is 12.5. The molecule has 1 aliphatic heterocycles. The molecule has 3 rings (SSSR count). The summed E-state index contributed by atoms with van der Waals surface area (Å²) < 4.78 is 11.0. The van der Waals surface area contributed by atoms with E-state index in [0.29, 0.717) is 47.4 Å². The minimum atomic E-state index is -0.715. The van der Waals surface area contributed by atoms with Crippen molar-refractivity contribution < 1.29 is 19.1 Å². The highest BCUT2D eigenvalue weighted by Gasteiger charge is 2.46. The molecular formula is C21H22Cl2N2O4. The van der Waals surface area contributed by atoms with E-state index in [1.165, 1.54) is 0 Å². The van der Waals surface area contributed by atoms with Gasteiger partial charge in [-0.1, -0.05) is 53.5 Å². The van der Waals surface area contributed by atoms with Crippen LogP contribution in [0.3, 0.4) is 0 Å². The summed E-state index contributed by atoms with van der Waals surface area (Å²) >= 11 is 12.4. The number of rotatable bonds is 6. The van der Waals surface area contributed by atoms with Crippen molar-refractivity contribution in [2.45, 2.75) is 18.8 Å². The molecule has 8 heteroatoms. The molecule has 0 bridgehead atoms. The highest BCUT2D eigenvalue weighted by atomic mass is 35.5. The highest BCUT2D eigenvalue weighted by molar-refractivity contribution is 6.33. The number of ether oxygens (including phenoxy) is 2. The number of hydrogen-bond acceptors (Lipinski definition) is 4. The molecule has 0 aliphatic carbocycles. The molecule has 1 unspecified atom stereocenters. The number of carbonyl (C=O) groups excluding carboxylic acids is 2. The summed E-state index contributed by atoms with van der Waals surface area (Å²) in [4.78, 5) is 24.9. The zero-order valence-corrected chi connectivity index (χ0v) is 17.2. The zero-order chi connectivity index (χ0) is 20.9. The van der Waals surface area contributed by atoms with Gasteiger partial charge in [0.2, 0.25) is 5.91 Å². The van der Waals surface area contributed by atoms with Gasteiger partial charge in [-0.05, 0) is 36.6 Å². The molecule has 2 aromatic carbocycles. The molecule has 1 aliphatic rings. The fraction of sp³-hybridized carbons (Fsp3) is 0.333. The first-order valence-electron chi connectivity index (χ1n) is 9.23. The first kappa shape index (κ1) is 21.4. The summed E-state index contributed by atoms with van der Waals surface area (Å²) in [5, 5.41) is 3.47. The Balaban J connectivity index is 1.82. The van der Waals surface area contributed by atoms with Gasteiger partial charge in [0.05, 0.1) is 16.6 Å². The Hall–Kier alpha value is -2.28. The Morgan fingerprint density at radius 1 is 1.07 bits per heavy atom. The molecule has 0 saturated carbocycles. The minimum absolute atomic E-state index is 0.00846. The second-order valence-corrected chi connectivity index (χ2v) is 7.83. The first-order chi connectivity index (χ1) is 13.9. The number of para-hydroxylation sites is 1. The molecule has 1 saturated heterocycles. The zero-order valence-electron chi connectivity index (χ0n) is 15.7. The van der Waals surface area contributed by atoms with Crippen molar-refractivity contribution in [3.8, 4) is 0 Å². The number of amides is 2. The Kier molecular flexibility index (Phi) is 7.00. The van der Waals surface area contributed by atoms with Gasteiger partial charge in [-0.25, -0.2) is 4.79 Å². The van der Waals surface area contributed by atoms with Gasteiger partial charge in [0.1, 0.15) is 6.61 Å². The Labute approximate surface area is 179 Å². The lowest BCUT2D eigenvalue weighted by atomic mass is 9.67. The van der Waals surface area contributed by atoms with Crippen LogP contribution >= 0.6 is 23.2 Å². The van der Waals surface area contributed by atoms with E-state index in [1.807, 2.05) is 0 Å². The summed E-state index contributed by atoms with van der Waals surface area (Å²) in [6.45, 7) is 0.860. The van der Waals surface area contributed by atoms with Gasteiger partial charge in [-0.2, -0.15) is 0 Å². The SMILES string of the molecule is NC(=O)C(c1ccccc1Cl)C1(COC(=O)Nc2ccccc2Cl)CCOCC1. The predicted octanol–water partition coefficient (Wildman–Crippen LogP) is 4.61. The second kappa shape index (κ2) is 9.48. The Morgan fingerprint density at radius 2 is 1.69 bits per heavy atom. The monoisotopic (exact) mass is 436 g/mol. The smallest absolute Gasteiger partial charge is 0.411 e. The number of anilines is 1. The van der Waals surface area contributed by atoms with Crippen LogP contribution in [0.5, 0.6) is 0 Å².